The molecule has 1 aliphatic rings. The molecule has 1 rings (SSSR count). The van der Waals surface area contributed by atoms with Crippen molar-refractivity contribution >= 4 is 11.9 Å². The van der Waals surface area contributed by atoms with Gasteiger partial charge in [0.1, 0.15) is 6.10 Å². The average Bonchev–Trinajstić information content (AvgIpc) is 2.56. The van der Waals surface area contributed by atoms with Crippen molar-refractivity contribution < 1.29 is 29.0 Å². The molecule has 3 unspecified atom stereocenters. The third-order valence-electron chi connectivity index (χ3n) is 2.01. The number of hydrogen-bond acceptors (Lipinski definition) is 7. The fourth-order valence-electron chi connectivity index (χ4n) is 1.42. The van der Waals surface area contributed by atoms with Crippen LogP contribution < -0.4 is 5.48 Å². The van der Waals surface area contributed by atoms with Crippen LogP contribution in [0.25, 0.3) is 0 Å². The monoisotopic (exact) mass is 233 g/mol. The lowest BCUT2D eigenvalue weighted by Gasteiger charge is -2.18. The number of hydrogen-bond donors (Lipinski definition) is 2. The summed E-state index contributed by atoms with van der Waals surface area (Å²) in [6.45, 7) is 2.32. The minimum absolute atomic E-state index is 0.185. The molecule has 0 bridgehead atoms. The Kier molecular flexibility index (Phi) is 4.66. The molecule has 16 heavy (non-hydrogen) atoms. The minimum Gasteiger partial charge on any atom is -0.458 e. The largest absolute Gasteiger partial charge is 0.458 e. The van der Waals surface area contributed by atoms with Crippen molar-refractivity contribution in [1.29, 1.82) is 0 Å². The highest BCUT2D eigenvalue weighted by Crippen LogP contribution is 2.21. The van der Waals surface area contributed by atoms with Gasteiger partial charge in [-0.25, -0.2) is 0 Å². The second kappa shape index (κ2) is 5.78. The summed E-state index contributed by atoms with van der Waals surface area (Å²) in [7, 11) is 0. The van der Waals surface area contributed by atoms with Crippen LogP contribution >= 0.6 is 0 Å². The molecule has 1 heterocycles. The van der Waals surface area contributed by atoms with E-state index in [1.165, 1.54) is 13.8 Å². The first kappa shape index (κ1) is 12.9. The molecule has 3 atom stereocenters. The van der Waals surface area contributed by atoms with Gasteiger partial charge < -0.3 is 19.4 Å². The summed E-state index contributed by atoms with van der Waals surface area (Å²) >= 11 is 0. The van der Waals surface area contributed by atoms with Gasteiger partial charge in [-0.2, -0.15) is 0 Å². The minimum atomic E-state index is -0.745. The second-order valence-electron chi connectivity index (χ2n) is 3.46. The third kappa shape index (κ3) is 3.76. The number of hydroxylamine groups is 1. The van der Waals surface area contributed by atoms with Gasteiger partial charge in [0.15, 0.2) is 6.23 Å². The van der Waals surface area contributed by atoms with E-state index in [2.05, 4.69) is 10.3 Å². The van der Waals surface area contributed by atoms with Crippen LogP contribution in [0, 0.1) is 0 Å². The number of rotatable bonds is 4. The Bertz CT molecular complexity index is 269. The van der Waals surface area contributed by atoms with E-state index < -0.39 is 30.4 Å². The Balaban J connectivity index is 2.49. The first-order chi connectivity index (χ1) is 7.52. The summed E-state index contributed by atoms with van der Waals surface area (Å²) < 4.78 is 10.2. The molecule has 7 heteroatoms. The Morgan fingerprint density at radius 2 is 2.12 bits per heavy atom. The summed E-state index contributed by atoms with van der Waals surface area (Å²) in [5, 5.41) is 8.91. The fourth-order valence-corrected chi connectivity index (χ4v) is 1.42. The Morgan fingerprint density at radius 1 is 1.44 bits per heavy atom. The molecule has 0 spiro atoms. The summed E-state index contributed by atoms with van der Waals surface area (Å²) in [6, 6.07) is 0. The molecule has 0 amide bonds. The molecule has 7 nitrogen and oxygen atoms in total. The first-order valence-corrected chi connectivity index (χ1v) is 4.89. The molecule has 0 aromatic heterocycles. The SMILES string of the molecule is CC(=O)ONC1OC(CO)CC1OC(C)=O. The van der Waals surface area contributed by atoms with Crippen LogP contribution in [0.4, 0.5) is 0 Å². The average molecular weight is 233 g/mol. The lowest BCUT2D eigenvalue weighted by molar-refractivity contribution is -0.170. The predicted octanol–water partition coefficient (Wildman–Crippen LogP) is -0.907. The van der Waals surface area contributed by atoms with Crippen molar-refractivity contribution in [3.05, 3.63) is 0 Å². The molecule has 0 aromatic carbocycles. The van der Waals surface area contributed by atoms with E-state index in [0.717, 1.165) is 0 Å². The Labute approximate surface area is 92.6 Å². The number of nitrogens with one attached hydrogen (secondary N) is 1. The normalized spacial score (nSPS) is 28.8. The van der Waals surface area contributed by atoms with E-state index in [1.54, 1.807) is 0 Å². The van der Waals surface area contributed by atoms with Gasteiger partial charge in [0.25, 0.3) is 0 Å². The molecule has 2 N–H and O–H groups in total. The summed E-state index contributed by atoms with van der Waals surface area (Å²) in [5.74, 6) is -0.987. The number of carbonyl (C=O) groups is 2. The second-order valence-corrected chi connectivity index (χ2v) is 3.46. The van der Waals surface area contributed by atoms with Gasteiger partial charge >= 0.3 is 11.9 Å². The highest BCUT2D eigenvalue weighted by molar-refractivity contribution is 5.66. The van der Waals surface area contributed by atoms with Crippen molar-refractivity contribution in [2.75, 3.05) is 6.61 Å². The van der Waals surface area contributed by atoms with Crippen molar-refractivity contribution in [3.8, 4) is 0 Å². The van der Waals surface area contributed by atoms with E-state index in [1.807, 2.05) is 0 Å². The zero-order valence-electron chi connectivity index (χ0n) is 9.13. The molecular weight excluding hydrogens is 218 g/mol. The number of esters is 1. The van der Waals surface area contributed by atoms with Gasteiger partial charge in [0.2, 0.25) is 0 Å². The zero-order valence-corrected chi connectivity index (χ0v) is 9.13. The quantitative estimate of drug-likeness (QED) is 0.479. The summed E-state index contributed by atoms with van der Waals surface area (Å²) in [6.07, 6.45) is -1.40. The van der Waals surface area contributed by atoms with Crippen LogP contribution in [0.5, 0.6) is 0 Å². The van der Waals surface area contributed by atoms with Gasteiger partial charge in [-0.15, -0.1) is 5.48 Å². The lowest BCUT2D eigenvalue weighted by atomic mass is 10.2. The topological polar surface area (TPSA) is 94.1 Å². The van der Waals surface area contributed by atoms with E-state index in [9.17, 15) is 9.59 Å². The van der Waals surface area contributed by atoms with Crippen LogP contribution in [0.1, 0.15) is 20.3 Å². The lowest BCUT2D eigenvalue weighted by Crippen LogP contribution is -2.40. The van der Waals surface area contributed by atoms with E-state index in [4.69, 9.17) is 14.6 Å². The molecule has 0 saturated carbocycles. The first-order valence-electron chi connectivity index (χ1n) is 4.89. The number of ether oxygens (including phenoxy) is 2. The molecule has 0 aromatic rings. The number of aliphatic hydroxyl groups is 1. The molecule has 1 aliphatic heterocycles. The fraction of sp³-hybridized carbons (Fsp3) is 0.778. The van der Waals surface area contributed by atoms with Crippen LogP contribution in [-0.2, 0) is 23.9 Å². The molecule has 1 saturated heterocycles. The molecule has 0 radical (unpaired) electrons. The predicted molar refractivity (Wildman–Crippen MR) is 50.8 cm³/mol. The van der Waals surface area contributed by atoms with E-state index >= 15 is 0 Å². The van der Waals surface area contributed by atoms with Crippen LogP contribution in [0.3, 0.4) is 0 Å². The van der Waals surface area contributed by atoms with E-state index in [-0.39, 0.29) is 6.61 Å². The molecule has 0 aliphatic carbocycles. The van der Waals surface area contributed by atoms with Crippen molar-refractivity contribution in [2.45, 2.75) is 38.7 Å². The number of carbonyl (C=O) groups excluding carboxylic acids is 2. The van der Waals surface area contributed by atoms with Gasteiger partial charge in [-0.1, -0.05) is 0 Å². The highest BCUT2D eigenvalue weighted by atomic mass is 16.7. The maximum Gasteiger partial charge on any atom is 0.321 e. The molecule has 92 valence electrons. The van der Waals surface area contributed by atoms with Gasteiger partial charge in [-0.05, 0) is 0 Å². The zero-order chi connectivity index (χ0) is 12.1. The Hall–Kier alpha value is -1.18. The van der Waals surface area contributed by atoms with Gasteiger partial charge in [-0.3, -0.25) is 9.59 Å². The highest BCUT2D eigenvalue weighted by Gasteiger charge is 2.37. The summed E-state index contributed by atoms with van der Waals surface area (Å²) in [4.78, 5) is 25.9. The smallest absolute Gasteiger partial charge is 0.321 e. The van der Waals surface area contributed by atoms with Crippen molar-refractivity contribution in [2.24, 2.45) is 0 Å². The van der Waals surface area contributed by atoms with Crippen LogP contribution in [0.2, 0.25) is 0 Å². The molecule has 1 fully saturated rings. The van der Waals surface area contributed by atoms with Crippen LogP contribution in [-0.4, -0.2) is 42.1 Å². The van der Waals surface area contributed by atoms with Crippen molar-refractivity contribution in [1.82, 2.24) is 5.48 Å². The van der Waals surface area contributed by atoms with Gasteiger partial charge in [0.05, 0.1) is 12.7 Å². The maximum absolute atomic E-state index is 10.8. The third-order valence-corrected chi connectivity index (χ3v) is 2.01. The van der Waals surface area contributed by atoms with E-state index in [0.29, 0.717) is 6.42 Å². The maximum atomic E-state index is 10.8. The van der Waals surface area contributed by atoms with Crippen LogP contribution in [0.15, 0.2) is 0 Å². The Morgan fingerprint density at radius 3 is 2.62 bits per heavy atom. The van der Waals surface area contributed by atoms with Crippen molar-refractivity contribution in [3.63, 3.8) is 0 Å². The summed E-state index contributed by atoms with van der Waals surface area (Å²) in [5.41, 5.74) is 2.34. The number of aliphatic hydroxyl groups excluding tert-OH is 1. The van der Waals surface area contributed by atoms with Gasteiger partial charge in [0, 0.05) is 20.3 Å². The standard InChI is InChI=1S/C9H15NO6/c1-5(12)14-8-3-7(4-11)15-9(8)10-16-6(2)13/h7-11H,3-4H2,1-2H3. The molecular formula is C9H15NO6.